The summed E-state index contributed by atoms with van der Waals surface area (Å²) >= 11 is 0. The second-order valence-corrected chi connectivity index (χ2v) is 5.70. The highest BCUT2D eigenvalue weighted by atomic mass is 28.3. The molecular weight excluding hydrogens is 252 g/mol. The minimum Gasteiger partial charge on any atom is -0.205 e. The van der Waals surface area contributed by atoms with E-state index in [2.05, 4.69) is 0 Å². The van der Waals surface area contributed by atoms with Crippen molar-refractivity contribution in [3.8, 4) is 0 Å². The zero-order valence-corrected chi connectivity index (χ0v) is 8.60. The highest BCUT2D eigenvalue weighted by Crippen LogP contribution is 2.49. The number of hydrogen-bond acceptors (Lipinski definition) is 0. The summed E-state index contributed by atoms with van der Waals surface area (Å²) in [7, 11) is -3.18. The summed E-state index contributed by atoms with van der Waals surface area (Å²) in [5.74, 6) is -12.1. The molecule has 9 heteroatoms. The molecule has 0 bridgehead atoms. The standard InChI is InChI=1S/C6H7F8Si/c1-15(2)6(13,14)5(11,12)4(9,10)3(7)8/h3H,1-2H3. The van der Waals surface area contributed by atoms with Crippen molar-refractivity contribution in [3.05, 3.63) is 0 Å². The average molecular weight is 259 g/mol. The van der Waals surface area contributed by atoms with Crippen LogP contribution >= 0.6 is 0 Å². The lowest BCUT2D eigenvalue weighted by Crippen LogP contribution is -2.62. The molecule has 0 aromatic carbocycles. The lowest BCUT2D eigenvalue weighted by atomic mass is 10.2. The molecular formula is C6H7F8Si. The van der Waals surface area contributed by atoms with Gasteiger partial charge in [0.2, 0.25) is 0 Å². The largest absolute Gasteiger partial charge is 0.375 e. The highest BCUT2D eigenvalue weighted by Gasteiger charge is 2.75. The molecule has 1 radical (unpaired) electrons. The maximum Gasteiger partial charge on any atom is 0.375 e. The van der Waals surface area contributed by atoms with Gasteiger partial charge in [-0.25, -0.2) is 17.6 Å². The Balaban J connectivity index is 5.30. The van der Waals surface area contributed by atoms with Crippen LogP contribution in [0.15, 0.2) is 0 Å². The van der Waals surface area contributed by atoms with Crippen LogP contribution < -0.4 is 0 Å². The van der Waals surface area contributed by atoms with Crippen LogP contribution in [-0.4, -0.2) is 32.6 Å². The Hall–Kier alpha value is -0.343. The van der Waals surface area contributed by atoms with Crippen LogP contribution in [0.3, 0.4) is 0 Å². The molecule has 0 aliphatic heterocycles. The average Bonchev–Trinajstić information content (AvgIpc) is 2.02. The predicted molar refractivity (Wildman–Crippen MR) is 38.3 cm³/mol. The summed E-state index contributed by atoms with van der Waals surface area (Å²) in [4.78, 5) is 0. The van der Waals surface area contributed by atoms with Gasteiger partial charge < -0.3 is 0 Å². The van der Waals surface area contributed by atoms with E-state index in [4.69, 9.17) is 0 Å². The molecule has 0 nitrogen and oxygen atoms in total. The fourth-order valence-corrected chi connectivity index (χ4v) is 1.45. The molecule has 0 heterocycles. The van der Waals surface area contributed by atoms with Gasteiger partial charge in [-0.2, -0.15) is 17.6 Å². The van der Waals surface area contributed by atoms with Crippen LogP contribution in [0.4, 0.5) is 35.1 Å². The van der Waals surface area contributed by atoms with Crippen molar-refractivity contribution in [2.24, 2.45) is 0 Å². The Bertz CT molecular complexity index is 201. The quantitative estimate of drug-likeness (QED) is 0.536. The molecule has 0 amide bonds. The molecule has 0 atom stereocenters. The minimum absolute atomic E-state index is 0.639. The molecule has 0 unspecified atom stereocenters. The molecule has 0 spiro atoms. The number of rotatable bonds is 4. The molecule has 0 saturated carbocycles. The molecule has 0 N–H and O–H groups in total. The van der Waals surface area contributed by atoms with Crippen molar-refractivity contribution < 1.29 is 35.1 Å². The van der Waals surface area contributed by atoms with E-state index < -0.39 is 32.6 Å². The van der Waals surface area contributed by atoms with Gasteiger partial charge in [-0.1, -0.05) is 13.1 Å². The van der Waals surface area contributed by atoms with Gasteiger partial charge in [-0.05, 0) is 0 Å². The van der Waals surface area contributed by atoms with E-state index in [1.165, 1.54) is 0 Å². The summed E-state index contributed by atoms with van der Waals surface area (Å²) in [5.41, 5.74) is -5.10. The molecule has 0 aliphatic rings. The van der Waals surface area contributed by atoms with E-state index in [-0.39, 0.29) is 0 Å². The second-order valence-electron chi connectivity index (χ2n) is 3.07. The normalized spacial score (nSPS) is 15.2. The molecule has 0 rings (SSSR count). The predicted octanol–water partition coefficient (Wildman–Crippen LogP) is 3.45. The number of alkyl halides is 8. The van der Waals surface area contributed by atoms with Gasteiger partial charge in [0.15, 0.2) is 0 Å². The van der Waals surface area contributed by atoms with Crippen molar-refractivity contribution in [2.75, 3.05) is 0 Å². The summed E-state index contributed by atoms with van der Waals surface area (Å²) < 4.78 is 97.9. The van der Waals surface area contributed by atoms with Gasteiger partial charge in [-0.15, -0.1) is 0 Å². The SMILES string of the molecule is C[Si](C)C(F)(F)C(F)(F)C(F)(F)C(F)F. The van der Waals surface area contributed by atoms with Gasteiger partial charge in [0.25, 0.3) is 5.55 Å². The first-order valence-electron chi connectivity index (χ1n) is 3.61. The van der Waals surface area contributed by atoms with Gasteiger partial charge in [0.1, 0.15) is 8.80 Å². The minimum atomic E-state index is -6.04. The molecule has 0 aromatic heterocycles. The van der Waals surface area contributed by atoms with E-state index >= 15 is 0 Å². The third-order valence-corrected chi connectivity index (χ3v) is 3.28. The Morgan fingerprint density at radius 3 is 1.40 bits per heavy atom. The smallest absolute Gasteiger partial charge is 0.205 e. The summed E-state index contributed by atoms with van der Waals surface area (Å²) in [6.45, 7) is 1.28. The molecule has 0 aliphatic carbocycles. The zero-order valence-electron chi connectivity index (χ0n) is 7.60. The zero-order chi connectivity index (χ0) is 12.7. The topological polar surface area (TPSA) is 0 Å². The molecule has 0 fully saturated rings. The second kappa shape index (κ2) is 3.91. The summed E-state index contributed by atoms with van der Waals surface area (Å²) in [5, 5.41) is 0. The maximum atomic E-state index is 12.7. The van der Waals surface area contributed by atoms with E-state index in [9.17, 15) is 35.1 Å². The van der Waals surface area contributed by atoms with Gasteiger partial charge >= 0.3 is 18.3 Å². The van der Waals surface area contributed by atoms with Crippen LogP contribution in [0.25, 0.3) is 0 Å². The highest BCUT2D eigenvalue weighted by molar-refractivity contribution is 6.58. The number of hydrogen-bond donors (Lipinski definition) is 0. The molecule has 15 heavy (non-hydrogen) atoms. The van der Waals surface area contributed by atoms with E-state index in [1.807, 2.05) is 0 Å². The fourth-order valence-electron chi connectivity index (χ4n) is 0.660. The van der Waals surface area contributed by atoms with E-state index in [0.29, 0.717) is 13.1 Å². The van der Waals surface area contributed by atoms with Crippen LogP contribution in [0, 0.1) is 0 Å². The van der Waals surface area contributed by atoms with Gasteiger partial charge in [-0.3, -0.25) is 0 Å². The molecule has 0 aromatic rings. The Kier molecular flexibility index (Phi) is 3.82. The van der Waals surface area contributed by atoms with Gasteiger partial charge in [0, 0.05) is 0 Å². The van der Waals surface area contributed by atoms with Crippen molar-refractivity contribution in [1.29, 1.82) is 0 Å². The first-order chi connectivity index (χ1) is 6.39. The molecule has 0 saturated heterocycles. The lowest BCUT2D eigenvalue weighted by Gasteiger charge is -2.34. The fraction of sp³-hybridized carbons (Fsp3) is 1.00. The lowest BCUT2D eigenvalue weighted by molar-refractivity contribution is -0.317. The van der Waals surface area contributed by atoms with Crippen LogP contribution in [0.2, 0.25) is 13.1 Å². The third kappa shape index (κ3) is 2.11. The van der Waals surface area contributed by atoms with Crippen LogP contribution in [0.1, 0.15) is 0 Å². The Morgan fingerprint density at radius 2 is 1.20 bits per heavy atom. The monoisotopic (exact) mass is 259 g/mol. The Labute approximate surface area is 81.9 Å². The first-order valence-corrected chi connectivity index (χ1v) is 6.11. The molecule has 91 valence electrons. The third-order valence-electron chi connectivity index (χ3n) is 1.71. The van der Waals surface area contributed by atoms with E-state index in [1.54, 1.807) is 0 Å². The Morgan fingerprint density at radius 1 is 0.867 bits per heavy atom. The number of halogens is 8. The summed E-state index contributed by atoms with van der Waals surface area (Å²) in [6.07, 6.45) is -4.83. The van der Waals surface area contributed by atoms with Crippen molar-refractivity contribution >= 4 is 8.80 Å². The van der Waals surface area contributed by atoms with Crippen LogP contribution in [-0.2, 0) is 0 Å². The van der Waals surface area contributed by atoms with Crippen molar-refractivity contribution in [2.45, 2.75) is 36.9 Å². The van der Waals surface area contributed by atoms with Crippen molar-refractivity contribution in [1.82, 2.24) is 0 Å². The van der Waals surface area contributed by atoms with E-state index in [0.717, 1.165) is 0 Å². The maximum absolute atomic E-state index is 12.7. The van der Waals surface area contributed by atoms with Crippen molar-refractivity contribution in [3.63, 3.8) is 0 Å². The van der Waals surface area contributed by atoms with Crippen LogP contribution in [0.5, 0.6) is 0 Å². The first kappa shape index (κ1) is 14.7. The van der Waals surface area contributed by atoms with Gasteiger partial charge in [0.05, 0.1) is 0 Å². The summed E-state index contributed by atoms with van der Waals surface area (Å²) in [6, 6.07) is 0.